The number of likely N-dealkylation sites (tertiary alicyclic amines) is 1. The zero-order chi connectivity index (χ0) is 22.1. The van der Waals surface area contributed by atoms with Gasteiger partial charge in [-0.3, -0.25) is 4.40 Å². The number of piperidine rings is 1. The van der Waals surface area contributed by atoms with E-state index in [9.17, 15) is 0 Å². The summed E-state index contributed by atoms with van der Waals surface area (Å²) in [6.07, 6.45) is 6.26. The van der Waals surface area contributed by atoms with Crippen LogP contribution >= 0.6 is 0 Å². The SMILES string of the molecule is Cc1cccc(-c2cnc(N)c3nc(-c4ccc(C5CCN(CCN)CC5)cc4)cn23)c1. The number of nitrogens with two attached hydrogens (primary N) is 2. The van der Waals surface area contributed by atoms with Crippen molar-refractivity contribution in [3.05, 3.63) is 72.1 Å². The highest BCUT2D eigenvalue weighted by Gasteiger charge is 2.20. The topological polar surface area (TPSA) is 85.5 Å². The van der Waals surface area contributed by atoms with Gasteiger partial charge in [0.15, 0.2) is 11.5 Å². The van der Waals surface area contributed by atoms with E-state index in [-0.39, 0.29) is 0 Å². The maximum absolute atomic E-state index is 6.17. The van der Waals surface area contributed by atoms with E-state index in [0.717, 1.165) is 48.7 Å². The first-order valence-electron chi connectivity index (χ1n) is 11.4. The number of rotatable bonds is 5. The van der Waals surface area contributed by atoms with Gasteiger partial charge in [0.1, 0.15) is 0 Å². The second kappa shape index (κ2) is 8.73. The number of hydrogen-bond donors (Lipinski definition) is 2. The van der Waals surface area contributed by atoms with Crippen molar-refractivity contribution in [3.63, 3.8) is 0 Å². The molecular weight excluding hydrogens is 396 g/mol. The third-order valence-corrected chi connectivity index (χ3v) is 6.55. The highest BCUT2D eigenvalue weighted by molar-refractivity contribution is 5.73. The van der Waals surface area contributed by atoms with Crippen molar-refractivity contribution in [2.24, 2.45) is 5.73 Å². The van der Waals surface area contributed by atoms with Crippen molar-refractivity contribution >= 4 is 11.5 Å². The Morgan fingerprint density at radius 1 is 1.03 bits per heavy atom. The molecular formula is C26H30N6. The minimum absolute atomic E-state index is 0.438. The standard InChI is InChI=1S/C26H30N6/c1-18-3-2-4-22(15-18)24-16-29-25(28)26-30-23(17-32(24)26)21-7-5-19(6-8-21)20-9-12-31(13-10-20)14-11-27/h2-8,15-17,20H,9-14,27H2,1H3,(H2,28,29). The molecule has 4 N–H and O–H groups in total. The molecule has 2 aromatic carbocycles. The van der Waals surface area contributed by atoms with E-state index >= 15 is 0 Å². The summed E-state index contributed by atoms with van der Waals surface area (Å²) >= 11 is 0. The molecule has 0 unspecified atom stereocenters. The van der Waals surface area contributed by atoms with Crippen molar-refractivity contribution < 1.29 is 0 Å². The largest absolute Gasteiger partial charge is 0.381 e. The Bertz CT molecular complexity index is 1220. The predicted octanol–water partition coefficient (Wildman–Crippen LogP) is 4.09. The van der Waals surface area contributed by atoms with E-state index in [0.29, 0.717) is 17.4 Å². The lowest BCUT2D eigenvalue weighted by atomic mass is 9.89. The van der Waals surface area contributed by atoms with Crippen LogP contribution in [0.5, 0.6) is 0 Å². The van der Waals surface area contributed by atoms with Crippen molar-refractivity contribution in [1.82, 2.24) is 19.3 Å². The predicted molar refractivity (Wildman–Crippen MR) is 130 cm³/mol. The minimum Gasteiger partial charge on any atom is -0.381 e. The number of nitrogen functional groups attached to an aromatic ring is 1. The lowest BCUT2D eigenvalue weighted by molar-refractivity contribution is 0.218. The second-order valence-electron chi connectivity index (χ2n) is 8.74. The smallest absolute Gasteiger partial charge is 0.180 e. The molecule has 32 heavy (non-hydrogen) atoms. The Balaban J connectivity index is 1.43. The van der Waals surface area contributed by atoms with Crippen molar-refractivity contribution in [2.45, 2.75) is 25.7 Å². The molecule has 1 aliphatic rings. The highest BCUT2D eigenvalue weighted by Crippen LogP contribution is 2.31. The van der Waals surface area contributed by atoms with Gasteiger partial charge in [-0.1, -0.05) is 48.0 Å². The molecule has 1 saturated heterocycles. The van der Waals surface area contributed by atoms with Crippen LogP contribution in [0.2, 0.25) is 0 Å². The van der Waals surface area contributed by atoms with Gasteiger partial charge in [-0.2, -0.15) is 0 Å². The van der Waals surface area contributed by atoms with E-state index < -0.39 is 0 Å². The summed E-state index contributed by atoms with van der Waals surface area (Å²) in [5.74, 6) is 1.06. The fraction of sp³-hybridized carbons (Fsp3) is 0.308. The first-order valence-corrected chi connectivity index (χ1v) is 11.4. The number of aryl methyl sites for hydroxylation is 1. The van der Waals surface area contributed by atoms with E-state index in [4.69, 9.17) is 16.5 Å². The van der Waals surface area contributed by atoms with E-state index in [1.54, 1.807) is 0 Å². The average Bonchev–Trinajstić information content (AvgIpc) is 3.27. The zero-order valence-electron chi connectivity index (χ0n) is 18.5. The van der Waals surface area contributed by atoms with Gasteiger partial charge in [-0.05, 0) is 50.4 Å². The van der Waals surface area contributed by atoms with Crippen molar-refractivity contribution in [1.29, 1.82) is 0 Å². The molecule has 0 atom stereocenters. The molecule has 0 radical (unpaired) electrons. The molecule has 4 aromatic rings. The van der Waals surface area contributed by atoms with Crippen LogP contribution in [0.1, 0.15) is 29.9 Å². The normalized spacial score (nSPS) is 15.4. The number of fused-ring (bicyclic) bond motifs is 1. The summed E-state index contributed by atoms with van der Waals surface area (Å²) in [6.45, 7) is 6.09. The molecule has 2 aromatic heterocycles. The van der Waals surface area contributed by atoms with Gasteiger partial charge in [0.25, 0.3) is 0 Å². The number of imidazole rings is 1. The molecule has 6 heteroatoms. The summed E-state index contributed by atoms with van der Waals surface area (Å²) in [6, 6.07) is 17.3. The quantitative estimate of drug-likeness (QED) is 0.502. The van der Waals surface area contributed by atoms with Crippen LogP contribution in [0, 0.1) is 6.92 Å². The van der Waals surface area contributed by atoms with E-state index in [1.165, 1.54) is 24.0 Å². The van der Waals surface area contributed by atoms with Gasteiger partial charge in [0.05, 0.1) is 17.6 Å². The van der Waals surface area contributed by atoms with E-state index in [2.05, 4.69) is 71.5 Å². The number of aromatic nitrogens is 3. The first-order chi connectivity index (χ1) is 15.6. The number of anilines is 1. The van der Waals surface area contributed by atoms with Crippen LogP contribution in [-0.4, -0.2) is 45.4 Å². The van der Waals surface area contributed by atoms with Gasteiger partial charge < -0.3 is 16.4 Å². The lowest BCUT2D eigenvalue weighted by Gasteiger charge is -2.31. The molecule has 1 aliphatic heterocycles. The van der Waals surface area contributed by atoms with Gasteiger partial charge >= 0.3 is 0 Å². The fourth-order valence-corrected chi connectivity index (χ4v) is 4.75. The van der Waals surface area contributed by atoms with Crippen LogP contribution in [0.15, 0.2) is 60.9 Å². The van der Waals surface area contributed by atoms with Gasteiger partial charge in [-0.15, -0.1) is 0 Å². The second-order valence-corrected chi connectivity index (χ2v) is 8.74. The van der Waals surface area contributed by atoms with Crippen LogP contribution in [0.4, 0.5) is 5.82 Å². The fourth-order valence-electron chi connectivity index (χ4n) is 4.75. The van der Waals surface area contributed by atoms with Crippen molar-refractivity contribution in [3.8, 4) is 22.5 Å². The lowest BCUT2D eigenvalue weighted by Crippen LogP contribution is -2.36. The maximum Gasteiger partial charge on any atom is 0.180 e. The Morgan fingerprint density at radius 2 is 1.81 bits per heavy atom. The molecule has 1 fully saturated rings. The van der Waals surface area contributed by atoms with Gasteiger partial charge in [0.2, 0.25) is 0 Å². The minimum atomic E-state index is 0.438. The molecule has 3 heterocycles. The molecule has 164 valence electrons. The molecule has 0 amide bonds. The van der Waals surface area contributed by atoms with E-state index in [1.807, 2.05) is 10.6 Å². The number of nitrogens with zero attached hydrogens (tertiary/aromatic N) is 4. The number of benzene rings is 2. The average molecular weight is 427 g/mol. The van der Waals surface area contributed by atoms with Crippen LogP contribution in [0.3, 0.4) is 0 Å². The van der Waals surface area contributed by atoms with Crippen LogP contribution < -0.4 is 11.5 Å². The maximum atomic E-state index is 6.17. The van der Waals surface area contributed by atoms with Crippen LogP contribution in [0.25, 0.3) is 28.2 Å². The Morgan fingerprint density at radius 3 is 2.53 bits per heavy atom. The summed E-state index contributed by atoms with van der Waals surface area (Å²) < 4.78 is 2.05. The monoisotopic (exact) mass is 426 g/mol. The molecule has 0 spiro atoms. The molecule has 0 saturated carbocycles. The Kier molecular flexibility index (Phi) is 5.64. The Labute approximate surface area is 188 Å². The zero-order valence-corrected chi connectivity index (χ0v) is 18.5. The molecule has 0 bridgehead atoms. The van der Waals surface area contributed by atoms with Gasteiger partial charge in [0, 0.05) is 30.4 Å². The number of hydrogen-bond acceptors (Lipinski definition) is 5. The first kappa shape index (κ1) is 20.7. The van der Waals surface area contributed by atoms with Crippen LogP contribution in [-0.2, 0) is 0 Å². The van der Waals surface area contributed by atoms with Crippen molar-refractivity contribution in [2.75, 3.05) is 31.9 Å². The third kappa shape index (κ3) is 3.99. The molecule has 6 nitrogen and oxygen atoms in total. The summed E-state index contributed by atoms with van der Waals surface area (Å²) in [4.78, 5) is 11.7. The summed E-state index contributed by atoms with van der Waals surface area (Å²) in [5, 5.41) is 0. The molecule has 0 aliphatic carbocycles. The third-order valence-electron chi connectivity index (χ3n) is 6.55. The molecule has 5 rings (SSSR count). The summed E-state index contributed by atoms with van der Waals surface area (Å²) in [5.41, 5.74) is 19.3. The van der Waals surface area contributed by atoms with Gasteiger partial charge in [-0.25, -0.2) is 9.97 Å². The Hall–Kier alpha value is -3.22. The summed E-state index contributed by atoms with van der Waals surface area (Å²) in [7, 11) is 0. The highest BCUT2D eigenvalue weighted by atomic mass is 15.1.